The van der Waals surface area contributed by atoms with E-state index in [1.807, 2.05) is 32.9 Å². The van der Waals surface area contributed by atoms with E-state index in [0.717, 1.165) is 11.1 Å². The van der Waals surface area contributed by atoms with Crippen LogP contribution in [0.3, 0.4) is 0 Å². The molecule has 1 aromatic carbocycles. The molecule has 0 aromatic heterocycles. The molecule has 1 aliphatic heterocycles. The number of ether oxygens (including phenoxy) is 1. The largest absolute Gasteiger partial charge is 0.375 e. The van der Waals surface area contributed by atoms with Crippen molar-refractivity contribution in [3.8, 4) is 0 Å². The lowest BCUT2D eigenvalue weighted by molar-refractivity contribution is -0.0122. The molecule has 0 bridgehead atoms. The SMILES string of the molecule is C=C(C)[C@@H]1CO[C@@H](C)CN1S(=O)(=O)c1ccc(C)cc1. The normalized spacial score (nSPS) is 24.6. The van der Waals surface area contributed by atoms with Crippen LogP contribution in [0, 0.1) is 6.92 Å². The van der Waals surface area contributed by atoms with Crippen LogP contribution in [0.25, 0.3) is 0 Å². The molecule has 2 rings (SSSR count). The summed E-state index contributed by atoms with van der Waals surface area (Å²) in [6.45, 7) is 10.3. The Balaban J connectivity index is 2.39. The van der Waals surface area contributed by atoms with E-state index in [1.54, 1.807) is 12.1 Å². The van der Waals surface area contributed by atoms with Gasteiger partial charge in [-0.15, -0.1) is 0 Å². The highest BCUT2D eigenvalue weighted by Crippen LogP contribution is 2.25. The van der Waals surface area contributed by atoms with Gasteiger partial charge in [0.15, 0.2) is 0 Å². The van der Waals surface area contributed by atoms with Crippen molar-refractivity contribution in [1.82, 2.24) is 4.31 Å². The van der Waals surface area contributed by atoms with Gasteiger partial charge in [-0.25, -0.2) is 8.42 Å². The average Bonchev–Trinajstić information content (AvgIpc) is 2.38. The van der Waals surface area contributed by atoms with E-state index in [9.17, 15) is 8.42 Å². The minimum atomic E-state index is -3.51. The first-order valence-electron chi connectivity index (χ1n) is 6.68. The molecule has 0 radical (unpaired) electrons. The van der Waals surface area contributed by atoms with Crippen LogP contribution in [0.5, 0.6) is 0 Å². The number of aryl methyl sites for hydroxylation is 1. The lowest BCUT2D eigenvalue weighted by atomic mass is 10.1. The molecule has 1 fully saturated rings. The Morgan fingerprint density at radius 3 is 2.50 bits per heavy atom. The fourth-order valence-electron chi connectivity index (χ4n) is 2.27. The Morgan fingerprint density at radius 2 is 1.95 bits per heavy atom. The van der Waals surface area contributed by atoms with E-state index in [4.69, 9.17) is 4.74 Å². The van der Waals surface area contributed by atoms with Crippen molar-refractivity contribution < 1.29 is 13.2 Å². The molecule has 1 aliphatic rings. The molecule has 110 valence electrons. The number of nitrogens with zero attached hydrogens (tertiary/aromatic N) is 1. The van der Waals surface area contributed by atoms with E-state index in [0.29, 0.717) is 18.0 Å². The van der Waals surface area contributed by atoms with Crippen molar-refractivity contribution in [2.75, 3.05) is 13.2 Å². The monoisotopic (exact) mass is 295 g/mol. The third-order valence-electron chi connectivity index (χ3n) is 3.52. The third kappa shape index (κ3) is 2.95. The number of morpholine rings is 1. The number of benzene rings is 1. The van der Waals surface area contributed by atoms with Crippen molar-refractivity contribution in [3.05, 3.63) is 42.0 Å². The van der Waals surface area contributed by atoms with E-state index >= 15 is 0 Å². The maximum atomic E-state index is 12.8. The predicted molar refractivity (Wildman–Crippen MR) is 79.1 cm³/mol. The van der Waals surface area contributed by atoms with Gasteiger partial charge in [0.25, 0.3) is 0 Å². The van der Waals surface area contributed by atoms with Crippen LogP contribution in [0.1, 0.15) is 19.4 Å². The summed E-state index contributed by atoms with van der Waals surface area (Å²) in [5.41, 5.74) is 1.84. The van der Waals surface area contributed by atoms with Gasteiger partial charge < -0.3 is 4.74 Å². The second-order valence-corrected chi connectivity index (χ2v) is 7.28. The zero-order valence-electron chi connectivity index (χ0n) is 12.2. The molecule has 0 aliphatic carbocycles. The molecule has 1 heterocycles. The average molecular weight is 295 g/mol. The van der Waals surface area contributed by atoms with Crippen molar-refractivity contribution in [3.63, 3.8) is 0 Å². The van der Waals surface area contributed by atoms with Crippen LogP contribution in [-0.2, 0) is 14.8 Å². The van der Waals surface area contributed by atoms with Crippen molar-refractivity contribution in [1.29, 1.82) is 0 Å². The Bertz CT molecular complexity index is 592. The molecule has 1 aromatic rings. The number of sulfonamides is 1. The molecule has 4 nitrogen and oxygen atoms in total. The first kappa shape index (κ1) is 15.2. The summed E-state index contributed by atoms with van der Waals surface area (Å²) in [5.74, 6) is 0. The van der Waals surface area contributed by atoms with E-state index in [-0.39, 0.29) is 12.1 Å². The van der Waals surface area contributed by atoms with Crippen molar-refractivity contribution >= 4 is 10.0 Å². The number of hydrogen-bond donors (Lipinski definition) is 0. The zero-order valence-corrected chi connectivity index (χ0v) is 13.0. The van der Waals surface area contributed by atoms with Crippen LogP contribution in [0.2, 0.25) is 0 Å². The van der Waals surface area contributed by atoms with E-state index in [2.05, 4.69) is 6.58 Å². The van der Waals surface area contributed by atoms with Gasteiger partial charge in [-0.05, 0) is 32.9 Å². The van der Waals surface area contributed by atoms with Crippen LogP contribution in [-0.4, -0.2) is 38.0 Å². The molecule has 1 saturated heterocycles. The van der Waals surface area contributed by atoms with Gasteiger partial charge in [0, 0.05) is 6.54 Å². The van der Waals surface area contributed by atoms with E-state index < -0.39 is 10.0 Å². The van der Waals surface area contributed by atoms with Gasteiger partial charge in [0.1, 0.15) is 0 Å². The smallest absolute Gasteiger partial charge is 0.243 e. The topological polar surface area (TPSA) is 46.6 Å². The summed E-state index contributed by atoms with van der Waals surface area (Å²) >= 11 is 0. The van der Waals surface area contributed by atoms with Crippen molar-refractivity contribution in [2.24, 2.45) is 0 Å². The maximum absolute atomic E-state index is 12.8. The minimum absolute atomic E-state index is 0.106. The highest BCUT2D eigenvalue weighted by molar-refractivity contribution is 7.89. The number of rotatable bonds is 3. The molecule has 0 amide bonds. The van der Waals surface area contributed by atoms with Gasteiger partial charge in [0.05, 0.1) is 23.6 Å². The molecular formula is C15H21NO3S. The summed E-state index contributed by atoms with van der Waals surface area (Å²) < 4.78 is 32.6. The minimum Gasteiger partial charge on any atom is -0.375 e. The quantitative estimate of drug-likeness (QED) is 0.804. The fourth-order valence-corrected chi connectivity index (χ4v) is 4.00. The van der Waals surface area contributed by atoms with Crippen LogP contribution in [0.15, 0.2) is 41.3 Å². The van der Waals surface area contributed by atoms with Gasteiger partial charge in [-0.2, -0.15) is 4.31 Å². The maximum Gasteiger partial charge on any atom is 0.243 e. The second-order valence-electron chi connectivity index (χ2n) is 5.39. The Morgan fingerprint density at radius 1 is 1.35 bits per heavy atom. The van der Waals surface area contributed by atoms with Gasteiger partial charge in [0.2, 0.25) is 10.0 Å². The standard InChI is InChI=1S/C15H21NO3S/c1-11(2)15-10-19-13(4)9-16(15)20(17,18)14-7-5-12(3)6-8-14/h5-8,13,15H,1,9-10H2,2-4H3/t13-,15-/m0/s1. The fraction of sp³-hybridized carbons (Fsp3) is 0.467. The van der Waals surface area contributed by atoms with Crippen LogP contribution in [0.4, 0.5) is 0 Å². The summed E-state index contributed by atoms with van der Waals surface area (Å²) in [4.78, 5) is 0.323. The molecule has 0 saturated carbocycles. The lowest BCUT2D eigenvalue weighted by Gasteiger charge is -2.37. The second kappa shape index (κ2) is 5.68. The first-order valence-corrected chi connectivity index (χ1v) is 8.12. The molecule has 2 atom stereocenters. The van der Waals surface area contributed by atoms with Gasteiger partial charge in [-0.1, -0.05) is 29.8 Å². The molecule has 5 heteroatoms. The first-order chi connectivity index (χ1) is 9.32. The Kier molecular flexibility index (Phi) is 4.32. The molecule has 0 unspecified atom stereocenters. The predicted octanol–water partition coefficient (Wildman–Crippen LogP) is 2.35. The molecule has 0 N–H and O–H groups in total. The van der Waals surface area contributed by atoms with Crippen LogP contribution >= 0.6 is 0 Å². The van der Waals surface area contributed by atoms with Crippen molar-refractivity contribution in [2.45, 2.75) is 37.8 Å². The molecular weight excluding hydrogens is 274 g/mol. The summed E-state index contributed by atoms with van der Waals surface area (Å²) in [5, 5.41) is 0. The number of hydrogen-bond acceptors (Lipinski definition) is 3. The highest BCUT2D eigenvalue weighted by Gasteiger charge is 2.36. The zero-order chi connectivity index (χ0) is 14.9. The Hall–Kier alpha value is -1.17. The molecule has 20 heavy (non-hydrogen) atoms. The van der Waals surface area contributed by atoms with Crippen LogP contribution < -0.4 is 0 Å². The lowest BCUT2D eigenvalue weighted by Crippen LogP contribution is -2.51. The van der Waals surface area contributed by atoms with Gasteiger partial charge in [-0.3, -0.25) is 0 Å². The summed E-state index contributed by atoms with van der Waals surface area (Å²) in [6.07, 6.45) is -0.106. The molecule has 0 spiro atoms. The third-order valence-corrected chi connectivity index (χ3v) is 5.41. The summed E-state index contributed by atoms with van der Waals surface area (Å²) in [6, 6.07) is 6.64. The van der Waals surface area contributed by atoms with Gasteiger partial charge >= 0.3 is 0 Å². The summed E-state index contributed by atoms with van der Waals surface area (Å²) in [7, 11) is -3.51. The Labute approximate surface area is 121 Å². The highest BCUT2D eigenvalue weighted by atomic mass is 32.2. The van der Waals surface area contributed by atoms with E-state index in [1.165, 1.54) is 4.31 Å².